The predicted octanol–water partition coefficient (Wildman–Crippen LogP) is 4.02. The molecule has 0 spiro atoms. The van der Waals surface area contributed by atoms with Gasteiger partial charge >= 0.3 is 12.1 Å². The number of amides is 1. The highest BCUT2D eigenvalue weighted by molar-refractivity contribution is 5.79. The third-order valence-corrected chi connectivity index (χ3v) is 6.70. The molecular formula is C26H27N3O6. The minimum Gasteiger partial charge on any atom is -0.481 e. The first kappa shape index (κ1) is 23.0. The fourth-order valence-electron chi connectivity index (χ4n) is 4.95. The molecule has 2 aromatic carbocycles. The fraction of sp³-hybridized carbons (Fsp3) is 0.385. The maximum absolute atomic E-state index is 13.1. The van der Waals surface area contributed by atoms with Crippen molar-refractivity contribution in [1.82, 2.24) is 15.5 Å². The zero-order valence-corrected chi connectivity index (χ0v) is 19.2. The van der Waals surface area contributed by atoms with Crippen molar-refractivity contribution < 1.29 is 28.7 Å². The van der Waals surface area contributed by atoms with Gasteiger partial charge in [-0.3, -0.25) is 4.79 Å². The summed E-state index contributed by atoms with van der Waals surface area (Å²) < 4.78 is 16.6. The molecule has 3 aromatic rings. The van der Waals surface area contributed by atoms with Gasteiger partial charge in [-0.1, -0.05) is 53.7 Å². The highest BCUT2D eigenvalue weighted by atomic mass is 16.5. The van der Waals surface area contributed by atoms with Crippen LogP contribution in [0.2, 0.25) is 0 Å². The Hall–Kier alpha value is -3.72. The van der Waals surface area contributed by atoms with Gasteiger partial charge in [0.05, 0.1) is 6.42 Å². The van der Waals surface area contributed by atoms with Crippen LogP contribution in [0, 0.1) is 0 Å². The number of carbonyl (C=O) groups excluding carboxylic acids is 1. The molecule has 182 valence electrons. The number of rotatable bonds is 7. The van der Waals surface area contributed by atoms with Crippen molar-refractivity contribution in [3.05, 3.63) is 71.4 Å². The number of carboxylic acid groups (broad SMARTS) is 1. The number of aliphatic carboxylic acids is 1. The van der Waals surface area contributed by atoms with Crippen LogP contribution in [0.4, 0.5) is 4.79 Å². The smallest absolute Gasteiger partial charge is 0.407 e. The molecular weight excluding hydrogens is 450 g/mol. The van der Waals surface area contributed by atoms with Crippen LogP contribution in [-0.4, -0.2) is 47.1 Å². The van der Waals surface area contributed by atoms with Crippen molar-refractivity contribution in [2.45, 2.75) is 43.6 Å². The highest BCUT2D eigenvalue weighted by Crippen LogP contribution is 2.44. The third-order valence-electron chi connectivity index (χ3n) is 6.70. The van der Waals surface area contributed by atoms with Crippen LogP contribution in [-0.2, 0) is 26.2 Å². The van der Waals surface area contributed by atoms with Gasteiger partial charge in [0.25, 0.3) is 0 Å². The zero-order valence-electron chi connectivity index (χ0n) is 19.2. The van der Waals surface area contributed by atoms with Crippen molar-refractivity contribution in [1.29, 1.82) is 0 Å². The number of carbonyl (C=O) groups is 2. The molecule has 1 saturated heterocycles. The van der Waals surface area contributed by atoms with Crippen molar-refractivity contribution in [3.8, 4) is 11.1 Å². The van der Waals surface area contributed by atoms with Crippen LogP contribution < -0.4 is 5.32 Å². The van der Waals surface area contributed by atoms with Gasteiger partial charge in [0.1, 0.15) is 12.1 Å². The lowest BCUT2D eigenvalue weighted by Crippen LogP contribution is -2.47. The van der Waals surface area contributed by atoms with E-state index < -0.39 is 17.6 Å². The van der Waals surface area contributed by atoms with Gasteiger partial charge in [0.2, 0.25) is 5.89 Å². The molecule has 35 heavy (non-hydrogen) atoms. The Kier molecular flexibility index (Phi) is 6.50. The van der Waals surface area contributed by atoms with Gasteiger partial charge in [0, 0.05) is 32.0 Å². The summed E-state index contributed by atoms with van der Waals surface area (Å²) >= 11 is 0. The van der Waals surface area contributed by atoms with Gasteiger partial charge in [0.15, 0.2) is 5.82 Å². The number of nitrogens with zero attached hydrogens (tertiary/aromatic N) is 2. The van der Waals surface area contributed by atoms with E-state index in [2.05, 4.69) is 39.7 Å². The molecule has 1 aliphatic heterocycles. The highest BCUT2D eigenvalue weighted by Gasteiger charge is 2.40. The molecule has 9 heteroatoms. The number of hydrogen-bond acceptors (Lipinski definition) is 7. The summed E-state index contributed by atoms with van der Waals surface area (Å²) in [5.41, 5.74) is 3.69. The number of benzene rings is 2. The monoisotopic (exact) mass is 477 g/mol. The number of aryl methyl sites for hydroxylation is 1. The molecule has 5 rings (SSSR count). The van der Waals surface area contributed by atoms with E-state index in [0.29, 0.717) is 38.3 Å². The molecule has 1 amide bonds. The van der Waals surface area contributed by atoms with Gasteiger partial charge in [-0.25, -0.2) is 4.79 Å². The van der Waals surface area contributed by atoms with E-state index in [1.165, 1.54) is 0 Å². The normalized spacial score (nSPS) is 19.4. The maximum atomic E-state index is 13.1. The number of aromatic nitrogens is 2. The maximum Gasteiger partial charge on any atom is 0.407 e. The first-order valence-electron chi connectivity index (χ1n) is 11.8. The molecule has 2 heterocycles. The van der Waals surface area contributed by atoms with Crippen LogP contribution in [0.1, 0.15) is 54.4 Å². The minimum atomic E-state index is -0.945. The Bertz CT molecular complexity index is 1170. The van der Waals surface area contributed by atoms with Crippen LogP contribution in [0.25, 0.3) is 11.1 Å². The van der Waals surface area contributed by atoms with Crippen molar-refractivity contribution in [2.75, 3.05) is 19.8 Å². The van der Waals surface area contributed by atoms with Gasteiger partial charge in [-0.15, -0.1) is 0 Å². The summed E-state index contributed by atoms with van der Waals surface area (Å²) in [5, 5.41) is 16.0. The quantitative estimate of drug-likeness (QED) is 0.523. The Morgan fingerprint density at radius 2 is 1.77 bits per heavy atom. The SMILES string of the molecule is O=C(O)CCc1nc(C2(NC(=O)OCC3c4ccccc4-c4ccccc43)CCCOCC2)no1. The van der Waals surface area contributed by atoms with E-state index >= 15 is 0 Å². The number of hydrogen-bond donors (Lipinski definition) is 2. The van der Waals surface area contributed by atoms with E-state index in [1.54, 1.807) is 0 Å². The van der Waals surface area contributed by atoms with E-state index in [-0.39, 0.29) is 31.3 Å². The Morgan fingerprint density at radius 1 is 1.06 bits per heavy atom. The molecule has 1 aliphatic carbocycles. The molecule has 1 fully saturated rings. The van der Waals surface area contributed by atoms with Crippen LogP contribution in [0.5, 0.6) is 0 Å². The molecule has 1 atom stereocenters. The third kappa shape index (κ3) is 4.77. The van der Waals surface area contributed by atoms with Crippen LogP contribution >= 0.6 is 0 Å². The molecule has 1 aromatic heterocycles. The standard InChI is InChI=1S/C26H27N3O6/c30-23(31)11-10-22-27-24(29-35-22)26(12-5-14-33-15-13-26)28-25(32)34-16-21-19-8-3-1-6-17(19)18-7-2-4-9-20(18)21/h1-4,6-9,21H,5,10-16H2,(H,28,32)(H,30,31). The molecule has 2 aliphatic rings. The van der Waals surface area contributed by atoms with Gasteiger partial charge in [-0.05, 0) is 35.1 Å². The van der Waals surface area contributed by atoms with E-state index in [0.717, 1.165) is 22.3 Å². The Labute approximate surface area is 202 Å². The molecule has 0 saturated carbocycles. The summed E-state index contributed by atoms with van der Waals surface area (Å²) in [6, 6.07) is 16.3. The van der Waals surface area contributed by atoms with E-state index in [9.17, 15) is 9.59 Å². The summed E-state index contributed by atoms with van der Waals surface area (Å²) in [6.45, 7) is 1.18. The predicted molar refractivity (Wildman–Crippen MR) is 125 cm³/mol. The molecule has 0 radical (unpaired) electrons. The summed E-state index contributed by atoms with van der Waals surface area (Å²) in [4.78, 5) is 28.4. The molecule has 0 bridgehead atoms. The number of alkyl carbamates (subject to hydrolysis) is 1. The van der Waals surface area contributed by atoms with Crippen molar-refractivity contribution in [3.63, 3.8) is 0 Å². The molecule has 2 N–H and O–H groups in total. The second-order valence-electron chi connectivity index (χ2n) is 8.90. The molecule has 1 unspecified atom stereocenters. The Balaban J connectivity index is 1.32. The zero-order chi connectivity index (χ0) is 24.3. The van der Waals surface area contributed by atoms with Gasteiger partial charge < -0.3 is 24.4 Å². The average molecular weight is 478 g/mol. The second-order valence-corrected chi connectivity index (χ2v) is 8.90. The Morgan fingerprint density at radius 3 is 2.49 bits per heavy atom. The lowest BCUT2D eigenvalue weighted by atomic mass is 9.90. The topological polar surface area (TPSA) is 124 Å². The van der Waals surface area contributed by atoms with Gasteiger partial charge in [-0.2, -0.15) is 4.98 Å². The minimum absolute atomic E-state index is 0.0469. The number of carboxylic acids is 1. The van der Waals surface area contributed by atoms with E-state index in [1.807, 2.05) is 24.3 Å². The summed E-state index contributed by atoms with van der Waals surface area (Å²) in [5.74, 6) is -0.452. The van der Waals surface area contributed by atoms with E-state index in [4.69, 9.17) is 19.1 Å². The summed E-state index contributed by atoms with van der Waals surface area (Å²) in [6.07, 6.45) is 1.15. The largest absolute Gasteiger partial charge is 0.481 e. The first-order valence-corrected chi connectivity index (χ1v) is 11.8. The van der Waals surface area contributed by atoms with Crippen LogP contribution in [0.15, 0.2) is 53.1 Å². The van der Waals surface area contributed by atoms with Crippen molar-refractivity contribution >= 4 is 12.1 Å². The molecule has 9 nitrogen and oxygen atoms in total. The van der Waals surface area contributed by atoms with Crippen LogP contribution in [0.3, 0.4) is 0 Å². The lowest BCUT2D eigenvalue weighted by molar-refractivity contribution is -0.137. The number of nitrogens with one attached hydrogen (secondary N) is 1. The number of ether oxygens (including phenoxy) is 2. The fourth-order valence-corrected chi connectivity index (χ4v) is 4.95. The second kappa shape index (κ2) is 9.87. The average Bonchev–Trinajstić information content (AvgIpc) is 3.39. The lowest BCUT2D eigenvalue weighted by Gasteiger charge is -2.30. The number of fused-ring (bicyclic) bond motifs is 3. The first-order chi connectivity index (χ1) is 17.1. The summed E-state index contributed by atoms with van der Waals surface area (Å²) in [7, 11) is 0. The van der Waals surface area contributed by atoms with Crippen molar-refractivity contribution in [2.24, 2.45) is 0 Å².